The summed E-state index contributed by atoms with van der Waals surface area (Å²) in [6, 6.07) is 3.75. The van der Waals surface area contributed by atoms with Crippen LogP contribution in [0.15, 0.2) is 24.8 Å². The van der Waals surface area contributed by atoms with Crippen LogP contribution in [0.2, 0.25) is 5.02 Å². The lowest BCUT2D eigenvalue weighted by Gasteiger charge is -2.20. The summed E-state index contributed by atoms with van der Waals surface area (Å²) in [5, 5.41) is 11.8. The van der Waals surface area contributed by atoms with E-state index < -0.39 is 0 Å². The first kappa shape index (κ1) is 16.8. The maximum Gasteiger partial charge on any atom is 0.180 e. The van der Waals surface area contributed by atoms with Crippen LogP contribution in [-0.4, -0.2) is 31.0 Å². The first-order chi connectivity index (χ1) is 9.43. The summed E-state index contributed by atoms with van der Waals surface area (Å²) in [6.07, 6.45) is 1.65. The Balaban J connectivity index is 2.90. The van der Waals surface area contributed by atoms with Crippen molar-refractivity contribution in [1.29, 1.82) is 0 Å². The highest BCUT2D eigenvalue weighted by atomic mass is 35.5. The molecule has 4 nitrogen and oxygen atoms in total. The molecule has 0 radical (unpaired) electrons. The van der Waals surface area contributed by atoms with Gasteiger partial charge in [-0.2, -0.15) is 0 Å². The molecule has 0 atom stereocenters. The number of halogens is 1. The van der Waals surface area contributed by atoms with Crippen LogP contribution >= 0.6 is 11.6 Å². The molecule has 3 N–H and O–H groups in total. The molecule has 0 saturated carbocycles. The minimum absolute atomic E-state index is 0.110. The Labute approximate surface area is 125 Å². The van der Waals surface area contributed by atoms with E-state index in [4.69, 9.17) is 21.1 Å². The van der Waals surface area contributed by atoms with E-state index in [1.54, 1.807) is 13.2 Å². The van der Waals surface area contributed by atoms with Gasteiger partial charge in [-0.3, -0.25) is 0 Å². The van der Waals surface area contributed by atoms with E-state index in [1.165, 1.54) is 0 Å². The minimum Gasteiger partial charge on any atom is -0.493 e. The molecule has 20 heavy (non-hydrogen) atoms. The highest BCUT2D eigenvalue weighted by molar-refractivity contribution is 6.32. The molecule has 1 rings (SSSR count). The maximum atomic E-state index is 9.26. The summed E-state index contributed by atoms with van der Waals surface area (Å²) >= 11 is 6.23. The molecule has 0 unspecified atom stereocenters. The summed E-state index contributed by atoms with van der Waals surface area (Å²) in [4.78, 5) is 0. The molecule has 0 amide bonds. The average molecular weight is 301 g/mol. The van der Waals surface area contributed by atoms with Crippen LogP contribution in [0, 0.1) is 0 Å². The van der Waals surface area contributed by atoms with Gasteiger partial charge in [-0.25, -0.2) is 0 Å². The summed E-state index contributed by atoms with van der Waals surface area (Å²) in [5.41, 5.74) is 0.789. The van der Waals surface area contributed by atoms with E-state index >= 15 is 0 Å². The lowest BCUT2D eigenvalue weighted by molar-refractivity contribution is -0.736. The van der Waals surface area contributed by atoms with Crippen LogP contribution in [0.25, 0.3) is 0 Å². The number of aliphatic hydroxyl groups excluding tert-OH is 1. The van der Waals surface area contributed by atoms with E-state index in [0.717, 1.165) is 5.56 Å². The van der Waals surface area contributed by atoms with Gasteiger partial charge in [0.2, 0.25) is 0 Å². The first-order valence-corrected chi connectivity index (χ1v) is 6.86. The summed E-state index contributed by atoms with van der Waals surface area (Å²) < 4.78 is 10.8. The van der Waals surface area contributed by atoms with E-state index in [1.807, 2.05) is 26.0 Å². The van der Waals surface area contributed by atoms with E-state index in [9.17, 15) is 5.11 Å². The SMILES string of the molecule is C=CCOc1c(Cl)cc(C[NH2+]C(C)(C)CO)cc1OC. The molecular formula is C15H23ClNO3+. The lowest BCUT2D eigenvalue weighted by Crippen LogP contribution is -2.95. The third-order valence-corrected chi connectivity index (χ3v) is 3.21. The van der Waals surface area contributed by atoms with Crippen molar-refractivity contribution in [3.63, 3.8) is 0 Å². The standard InChI is InChI=1S/C15H22ClNO3/c1-5-6-20-14-12(16)7-11(8-13(14)19-4)9-17-15(2,3)10-18/h5,7-8,17-18H,1,6,9-10H2,2-4H3/p+1. The van der Waals surface area contributed by atoms with Crippen molar-refractivity contribution in [3.8, 4) is 11.5 Å². The molecule has 1 aromatic rings. The third kappa shape index (κ3) is 4.71. The Morgan fingerprint density at radius 2 is 2.15 bits per heavy atom. The highest BCUT2D eigenvalue weighted by Gasteiger charge is 2.20. The number of nitrogens with two attached hydrogens (primary N) is 1. The van der Waals surface area contributed by atoms with Gasteiger partial charge < -0.3 is 19.9 Å². The van der Waals surface area contributed by atoms with Gasteiger partial charge >= 0.3 is 0 Å². The molecule has 0 saturated heterocycles. The Hall–Kier alpha value is -1.23. The number of hydrogen-bond donors (Lipinski definition) is 2. The second-order valence-electron chi connectivity index (χ2n) is 5.26. The third-order valence-electron chi connectivity index (χ3n) is 2.93. The van der Waals surface area contributed by atoms with Crippen LogP contribution in [0.3, 0.4) is 0 Å². The number of ether oxygens (including phenoxy) is 2. The fourth-order valence-electron chi connectivity index (χ4n) is 1.63. The number of rotatable bonds is 8. The van der Waals surface area contributed by atoms with Crippen LogP contribution < -0.4 is 14.8 Å². The summed E-state index contributed by atoms with van der Waals surface area (Å²) in [7, 11) is 1.58. The van der Waals surface area contributed by atoms with Crippen LogP contribution in [0.1, 0.15) is 19.4 Å². The minimum atomic E-state index is -0.224. The molecule has 0 aromatic heterocycles. The molecule has 5 heteroatoms. The zero-order chi connectivity index (χ0) is 15.2. The normalized spacial score (nSPS) is 11.2. The van der Waals surface area contributed by atoms with Crippen molar-refractivity contribution >= 4 is 11.6 Å². The Morgan fingerprint density at radius 3 is 2.70 bits per heavy atom. The molecule has 0 aliphatic carbocycles. The molecule has 0 bridgehead atoms. The largest absolute Gasteiger partial charge is 0.493 e. The van der Waals surface area contributed by atoms with Crippen molar-refractivity contribution in [1.82, 2.24) is 0 Å². The topological polar surface area (TPSA) is 55.3 Å². The van der Waals surface area contributed by atoms with E-state index in [-0.39, 0.29) is 12.1 Å². The van der Waals surface area contributed by atoms with Gasteiger partial charge in [-0.15, -0.1) is 0 Å². The van der Waals surface area contributed by atoms with Crippen molar-refractivity contribution < 1.29 is 19.9 Å². The van der Waals surface area contributed by atoms with Gasteiger partial charge in [-0.1, -0.05) is 24.3 Å². The smallest absolute Gasteiger partial charge is 0.180 e. The zero-order valence-electron chi connectivity index (χ0n) is 12.3. The molecule has 0 aliphatic rings. The van der Waals surface area contributed by atoms with Crippen LogP contribution in [-0.2, 0) is 6.54 Å². The number of methoxy groups -OCH3 is 1. The molecule has 0 fully saturated rings. The monoisotopic (exact) mass is 300 g/mol. The fourth-order valence-corrected chi connectivity index (χ4v) is 1.92. The average Bonchev–Trinajstić information content (AvgIpc) is 2.43. The number of benzene rings is 1. The maximum absolute atomic E-state index is 9.26. The van der Waals surface area contributed by atoms with Gasteiger partial charge in [0, 0.05) is 5.56 Å². The number of aliphatic hydroxyl groups is 1. The molecule has 0 heterocycles. The van der Waals surface area contributed by atoms with E-state index in [2.05, 4.69) is 11.9 Å². The number of quaternary nitrogens is 1. The van der Waals surface area contributed by atoms with Gasteiger partial charge in [0.25, 0.3) is 0 Å². The van der Waals surface area contributed by atoms with Gasteiger partial charge in [0.05, 0.1) is 18.7 Å². The molecule has 0 aliphatic heterocycles. The molecule has 0 spiro atoms. The van der Waals surface area contributed by atoms with Crippen molar-refractivity contribution in [2.24, 2.45) is 0 Å². The summed E-state index contributed by atoms with van der Waals surface area (Å²) in [5.74, 6) is 1.13. The van der Waals surface area contributed by atoms with Crippen molar-refractivity contribution in [3.05, 3.63) is 35.4 Å². The Bertz CT molecular complexity index is 461. The van der Waals surface area contributed by atoms with Crippen LogP contribution in [0.5, 0.6) is 11.5 Å². The van der Waals surface area contributed by atoms with E-state index in [0.29, 0.717) is 29.7 Å². The summed E-state index contributed by atoms with van der Waals surface area (Å²) in [6.45, 7) is 8.75. The highest BCUT2D eigenvalue weighted by Crippen LogP contribution is 2.36. The van der Waals surface area contributed by atoms with Crippen molar-refractivity contribution in [2.75, 3.05) is 20.3 Å². The van der Waals surface area contributed by atoms with Gasteiger partial charge in [0.1, 0.15) is 18.7 Å². The first-order valence-electron chi connectivity index (χ1n) is 6.49. The quantitative estimate of drug-likeness (QED) is 0.719. The van der Waals surface area contributed by atoms with Crippen LogP contribution in [0.4, 0.5) is 0 Å². The predicted octanol–water partition coefficient (Wildman–Crippen LogP) is 1.75. The van der Waals surface area contributed by atoms with Crippen molar-refractivity contribution in [2.45, 2.75) is 25.9 Å². The second-order valence-corrected chi connectivity index (χ2v) is 5.67. The van der Waals surface area contributed by atoms with Gasteiger partial charge in [0.15, 0.2) is 11.5 Å². The predicted molar refractivity (Wildman–Crippen MR) is 80.5 cm³/mol. The zero-order valence-corrected chi connectivity index (χ0v) is 13.0. The second kappa shape index (κ2) is 7.53. The molecule has 112 valence electrons. The lowest BCUT2D eigenvalue weighted by atomic mass is 10.1. The Kier molecular flexibility index (Phi) is 6.33. The van der Waals surface area contributed by atoms with Gasteiger partial charge in [-0.05, 0) is 26.0 Å². The number of hydrogen-bond acceptors (Lipinski definition) is 3. The molecular weight excluding hydrogens is 278 g/mol. The fraction of sp³-hybridized carbons (Fsp3) is 0.467. The molecule has 1 aromatic carbocycles. The Morgan fingerprint density at radius 1 is 1.45 bits per heavy atom.